The van der Waals surface area contributed by atoms with E-state index in [2.05, 4.69) is 15.0 Å². The fraction of sp³-hybridized carbons (Fsp3) is 0.417. The highest BCUT2D eigenvalue weighted by Gasteiger charge is 2.49. The van der Waals surface area contributed by atoms with Crippen molar-refractivity contribution in [3.63, 3.8) is 0 Å². The molecular formula is C12H13N5O2. The summed E-state index contributed by atoms with van der Waals surface area (Å²) in [5.41, 5.74) is 6.50. The van der Waals surface area contributed by atoms with E-state index in [9.17, 15) is 4.79 Å². The zero-order chi connectivity index (χ0) is 13.0. The molecule has 0 aromatic carbocycles. The van der Waals surface area contributed by atoms with Crippen LogP contribution in [0.2, 0.25) is 0 Å². The first-order valence-corrected chi connectivity index (χ1v) is 6.14. The summed E-state index contributed by atoms with van der Waals surface area (Å²) in [6.45, 7) is 3.59. The van der Waals surface area contributed by atoms with Crippen LogP contribution in [-0.2, 0) is 4.74 Å². The molecule has 2 aromatic rings. The Kier molecular flexibility index (Phi) is 1.95. The third-order valence-electron chi connectivity index (χ3n) is 3.81. The molecule has 0 atom stereocenters. The molecule has 0 bridgehead atoms. The molecule has 2 aliphatic rings. The van der Waals surface area contributed by atoms with Gasteiger partial charge >= 0.3 is 0 Å². The Morgan fingerprint density at radius 1 is 1.42 bits per heavy atom. The Morgan fingerprint density at radius 2 is 2.21 bits per heavy atom. The highest BCUT2D eigenvalue weighted by molar-refractivity contribution is 5.98. The molecule has 4 rings (SSSR count). The minimum atomic E-state index is -0.507. The van der Waals surface area contributed by atoms with Gasteiger partial charge in [-0.3, -0.25) is 4.79 Å². The maximum absolute atomic E-state index is 11.3. The van der Waals surface area contributed by atoms with Crippen LogP contribution in [0.3, 0.4) is 0 Å². The van der Waals surface area contributed by atoms with Crippen LogP contribution >= 0.6 is 0 Å². The molecule has 98 valence electrons. The highest BCUT2D eigenvalue weighted by atomic mass is 16.5. The number of rotatable bonds is 2. The van der Waals surface area contributed by atoms with Crippen LogP contribution in [0.5, 0.6) is 0 Å². The molecule has 2 fully saturated rings. The standard InChI is InChI=1S/C12H13N5O2/c13-10(18)8-3-14-17-2-1-9(15-11(8)17)16-4-12(5-16)6-19-7-12/h1-3H,4-7H2,(H2,13,18). The van der Waals surface area contributed by atoms with Crippen molar-refractivity contribution in [2.45, 2.75) is 0 Å². The number of nitrogens with two attached hydrogens (primary N) is 1. The summed E-state index contributed by atoms with van der Waals surface area (Å²) in [6.07, 6.45) is 3.25. The number of aromatic nitrogens is 3. The summed E-state index contributed by atoms with van der Waals surface area (Å²) in [6, 6.07) is 1.90. The summed E-state index contributed by atoms with van der Waals surface area (Å²) >= 11 is 0. The normalized spacial score (nSPS) is 20.3. The van der Waals surface area contributed by atoms with E-state index in [4.69, 9.17) is 10.5 Å². The Bertz CT molecular complexity index is 668. The SMILES string of the molecule is NC(=O)c1cnn2ccc(N3CC4(COC4)C3)nc12. The van der Waals surface area contributed by atoms with Gasteiger partial charge < -0.3 is 15.4 Å². The van der Waals surface area contributed by atoms with Gasteiger partial charge in [-0.05, 0) is 6.07 Å². The Hall–Kier alpha value is -2.15. The Morgan fingerprint density at radius 3 is 2.84 bits per heavy atom. The number of hydrogen-bond donors (Lipinski definition) is 1. The molecule has 2 saturated heterocycles. The first-order valence-electron chi connectivity index (χ1n) is 6.14. The molecule has 2 aromatic heterocycles. The molecule has 2 aliphatic heterocycles. The van der Waals surface area contributed by atoms with Crippen LogP contribution in [-0.4, -0.2) is 46.8 Å². The van der Waals surface area contributed by atoms with Crippen LogP contribution < -0.4 is 10.6 Å². The van der Waals surface area contributed by atoms with Crippen molar-refractivity contribution in [2.75, 3.05) is 31.2 Å². The van der Waals surface area contributed by atoms with E-state index in [0.717, 1.165) is 32.1 Å². The third-order valence-corrected chi connectivity index (χ3v) is 3.81. The quantitative estimate of drug-likeness (QED) is 0.797. The second-order valence-corrected chi connectivity index (χ2v) is 5.33. The van der Waals surface area contributed by atoms with Crippen molar-refractivity contribution in [2.24, 2.45) is 11.1 Å². The van der Waals surface area contributed by atoms with E-state index in [-0.39, 0.29) is 0 Å². The van der Waals surface area contributed by atoms with Crippen molar-refractivity contribution in [3.8, 4) is 0 Å². The van der Waals surface area contributed by atoms with Gasteiger partial charge in [-0.15, -0.1) is 0 Å². The average molecular weight is 259 g/mol. The van der Waals surface area contributed by atoms with E-state index in [0.29, 0.717) is 16.6 Å². The molecule has 2 N–H and O–H groups in total. The van der Waals surface area contributed by atoms with Gasteiger partial charge in [-0.2, -0.15) is 5.10 Å². The molecule has 19 heavy (non-hydrogen) atoms. The number of anilines is 1. The van der Waals surface area contributed by atoms with Crippen LogP contribution in [0.4, 0.5) is 5.82 Å². The topological polar surface area (TPSA) is 85.8 Å². The molecule has 0 radical (unpaired) electrons. The van der Waals surface area contributed by atoms with E-state index in [1.165, 1.54) is 6.20 Å². The maximum Gasteiger partial charge on any atom is 0.254 e. The fourth-order valence-corrected chi connectivity index (χ4v) is 2.71. The van der Waals surface area contributed by atoms with Gasteiger partial charge in [0.1, 0.15) is 11.4 Å². The molecule has 0 aliphatic carbocycles. The lowest BCUT2D eigenvalue weighted by Gasteiger charge is -2.55. The predicted octanol–water partition coefficient (Wildman–Crippen LogP) is -0.335. The molecular weight excluding hydrogens is 246 g/mol. The van der Waals surface area contributed by atoms with Crippen molar-refractivity contribution in [3.05, 3.63) is 24.0 Å². The van der Waals surface area contributed by atoms with Crippen LogP contribution in [0.25, 0.3) is 5.65 Å². The molecule has 4 heterocycles. The summed E-state index contributed by atoms with van der Waals surface area (Å²) in [5.74, 6) is 0.347. The van der Waals surface area contributed by atoms with Gasteiger partial charge in [-0.25, -0.2) is 9.50 Å². The van der Waals surface area contributed by atoms with Crippen molar-refractivity contribution in [1.29, 1.82) is 0 Å². The van der Waals surface area contributed by atoms with Crippen molar-refractivity contribution < 1.29 is 9.53 Å². The lowest BCUT2D eigenvalue weighted by molar-refractivity contribution is -0.127. The van der Waals surface area contributed by atoms with Crippen LogP contribution in [0.15, 0.2) is 18.5 Å². The minimum Gasteiger partial charge on any atom is -0.380 e. The van der Waals surface area contributed by atoms with Gasteiger partial charge in [0.05, 0.1) is 24.8 Å². The summed E-state index contributed by atoms with van der Waals surface area (Å²) in [5, 5.41) is 4.05. The predicted molar refractivity (Wildman–Crippen MR) is 67.0 cm³/mol. The summed E-state index contributed by atoms with van der Waals surface area (Å²) < 4.78 is 6.81. The summed E-state index contributed by atoms with van der Waals surface area (Å²) in [7, 11) is 0. The minimum absolute atomic E-state index is 0.334. The monoisotopic (exact) mass is 259 g/mol. The van der Waals surface area contributed by atoms with Gasteiger partial charge in [0.25, 0.3) is 5.91 Å². The number of nitrogens with zero attached hydrogens (tertiary/aromatic N) is 4. The smallest absolute Gasteiger partial charge is 0.254 e. The Balaban J connectivity index is 1.68. The molecule has 7 heteroatoms. The van der Waals surface area contributed by atoms with Crippen molar-refractivity contribution >= 4 is 17.4 Å². The van der Waals surface area contributed by atoms with Gasteiger partial charge in [0.15, 0.2) is 5.65 Å². The highest BCUT2D eigenvalue weighted by Crippen LogP contribution is 2.39. The number of primary amides is 1. The zero-order valence-corrected chi connectivity index (χ0v) is 10.2. The molecule has 0 saturated carbocycles. The summed E-state index contributed by atoms with van der Waals surface area (Å²) in [4.78, 5) is 18.0. The number of hydrogen-bond acceptors (Lipinski definition) is 5. The van der Waals surface area contributed by atoms with Gasteiger partial charge in [-0.1, -0.05) is 0 Å². The lowest BCUT2D eigenvalue weighted by Crippen LogP contribution is -2.66. The van der Waals surface area contributed by atoms with Crippen molar-refractivity contribution in [1.82, 2.24) is 14.6 Å². The number of amides is 1. The van der Waals surface area contributed by atoms with E-state index in [1.807, 2.05) is 6.07 Å². The second-order valence-electron chi connectivity index (χ2n) is 5.33. The first kappa shape index (κ1) is 10.7. The largest absolute Gasteiger partial charge is 0.380 e. The number of carbonyl (C=O) groups is 1. The Labute approximate surface area is 109 Å². The van der Waals surface area contributed by atoms with E-state index >= 15 is 0 Å². The maximum atomic E-state index is 11.3. The third kappa shape index (κ3) is 1.45. The lowest BCUT2D eigenvalue weighted by atomic mass is 9.78. The second kappa shape index (κ2) is 3.45. The first-order chi connectivity index (χ1) is 9.17. The molecule has 7 nitrogen and oxygen atoms in total. The van der Waals surface area contributed by atoms with Gasteiger partial charge in [0, 0.05) is 19.3 Å². The fourth-order valence-electron chi connectivity index (χ4n) is 2.71. The van der Waals surface area contributed by atoms with E-state index in [1.54, 1.807) is 10.7 Å². The number of ether oxygens (including phenoxy) is 1. The molecule has 1 amide bonds. The van der Waals surface area contributed by atoms with E-state index < -0.39 is 5.91 Å². The van der Waals surface area contributed by atoms with Crippen LogP contribution in [0.1, 0.15) is 10.4 Å². The molecule has 1 spiro atoms. The molecule has 0 unspecified atom stereocenters. The number of fused-ring (bicyclic) bond motifs is 1. The van der Waals surface area contributed by atoms with Gasteiger partial charge in [0.2, 0.25) is 0 Å². The average Bonchev–Trinajstić information content (AvgIpc) is 2.68. The van der Waals surface area contributed by atoms with Crippen LogP contribution in [0, 0.1) is 5.41 Å². The zero-order valence-electron chi connectivity index (χ0n) is 10.2. The number of carbonyl (C=O) groups excluding carboxylic acids is 1.